The predicted molar refractivity (Wildman–Crippen MR) is 83.7 cm³/mol. The Balaban J connectivity index is 2.20. The van der Waals surface area contributed by atoms with E-state index in [0.717, 1.165) is 17.4 Å². The predicted octanol–water partition coefficient (Wildman–Crippen LogP) is 2.93. The lowest BCUT2D eigenvalue weighted by Gasteiger charge is -2.20. The van der Waals surface area contributed by atoms with Gasteiger partial charge in [0.1, 0.15) is 5.41 Å². The first-order valence-corrected chi connectivity index (χ1v) is 7.67. The minimum atomic E-state index is -0.973. The molecular formula is C15H19N3O2S. The fraction of sp³-hybridized carbons (Fsp3) is 0.400. The van der Waals surface area contributed by atoms with Gasteiger partial charge in [-0.1, -0.05) is 6.07 Å². The van der Waals surface area contributed by atoms with E-state index in [4.69, 9.17) is 0 Å². The van der Waals surface area contributed by atoms with Crippen molar-refractivity contribution in [1.82, 2.24) is 9.97 Å². The Labute approximate surface area is 128 Å². The van der Waals surface area contributed by atoms with E-state index < -0.39 is 11.4 Å². The van der Waals surface area contributed by atoms with Crippen molar-refractivity contribution in [3.05, 3.63) is 41.2 Å². The molecule has 0 spiro atoms. The van der Waals surface area contributed by atoms with Gasteiger partial charge in [-0.05, 0) is 32.9 Å². The fourth-order valence-electron chi connectivity index (χ4n) is 1.81. The molecule has 6 heteroatoms. The zero-order valence-electron chi connectivity index (χ0n) is 12.4. The summed E-state index contributed by atoms with van der Waals surface area (Å²) in [5, 5.41) is 11.9. The highest BCUT2D eigenvalue weighted by atomic mass is 32.1. The number of carboxylic acids is 1. The van der Waals surface area contributed by atoms with Crippen LogP contribution in [0.3, 0.4) is 0 Å². The Hall–Kier alpha value is -1.95. The maximum Gasteiger partial charge on any atom is 0.315 e. The number of carbonyl (C=O) groups is 1. The number of rotatable bonds is 6. The molecule has 0 aromatic carbocycles. The van der Waals surface area contributed by atoms with Gasteiger partial charge in [-0.15, -0.1) is 11.3 Å². The summed E-state index contributed by atoms with van der Waals surface area (Å²) in [7, 11) is 0. The van der Waals surface area contributed by atoms with Gasteiger partial charge in [0.05, 0.1) is 17.9 Å². The molecule has 0 radical (unpaired) electrons. The molecule has 21 heavy (non-hydrogen) atoms. The van der Waals surface area contributed by atoms with Crippen molar-refractivity contribution in [3.8, 4) is 0 Å². The van der Waals surface area contributed by atoms with Crippen molar-refractivity contribution >= 4 is 22.4 Å². The van der Waals surface area contributed by atoms with Crippen LogP contribution in [0.1, 0.15) is 32.2 Å². The molecule has 5 nitrogen and oxygen atoms in total. The van der Waals surface area contributed by atoms with Crippen LogP contribution in [0, 0.1) is 0 Å². The van der Waals surface area contributed by atoms with Crippen LogP contribution in [-0.4, -0.2) is 27.6 Å². The Bertz CT molecular complexity index is 610. The van der Waals surface area contributed by atoms with Gasteiger partial charge in [0.15, 0.2) is 5.13 Å². The molecule has 0 atom stereocenters. The highest BCUT2D eigenvalue weighted by molar-refractivity contribution is 7.13. The van der Waals surface area contributed by atoms with Crippen LogP contribution in [0.5, 0.6) is 0 Å². The Morgan fingerprint density at radius 1 is 1.43 bits per heavy atom. The smallest absolute Gasteiger partial charge is 0.315 e. The molecule has 0 aliphatic heterocycles. The van der Waals surface area contributed by atoms with Gasteiger partial charge in [-0.3, -0.25) is 9.78 Å². The average Bonchev–Trinajstić information content (AvgIpc) is 2.96. The standard InChI is InChI=1S/C15H19N3O2S/c1-4-18(9-11-7-5-6-8-16-11)14-17-12(10-21-14)15(2,3)13(19)20/h5-8,10H,4,9H2,1-3H3,(H,19,20). The molecule has 2 aromatic rings. The molecule has 0 unspecified atom stereocenters. The lowest BCUT2D eigenvalue weighted by Crippen LogP contribution is -2.29. The highest BCUT2D eigenvalue weighted by Crippen LogP contribution is 2.29. The molecule has 112 valence electrons. The van der Waals surface area contributed by atoms with Crippen molar-refractivity contribution in [2.75, 3.05) is 11.4 Å². The van der Waals surface area contributed by atoms with Gasteiger partial charge in [0, 0.05) is 18.1 Å². The molecule has 0 fully saturated rings. The SMILES string of the molecule is CCN(Cc1ccccn1)c1nc(C(C)(C)C(=O)O)cs1. The van der Waals surface area contributed by atoms with Gasteiger partial charge in [-0.2, -0.15) is 0 Å². The van der Waals surface area contributed by atoms with Crippen molar-refractivity contribution in [3.63, 3.8) is 0 Å². The van der Waals surface area contributed by atoms with Crippen molar-refractivity contribution in [2.45, 2.75) is 32.7 Å². The van der Waals surface area contributed by atoms with E-state index in [1.807, 2.05) is 30.5 Å². The molecule has 0 saturated carbocycles. The second kappa shape index (κ2) is 6.22. The number of anilines is 1. The summed E-state index contributed by atoms with van der Waals surface area (Å²) in [6.45, 7) is 6.84. The van der Waals surface area contributed by atoms with Crippen LogP contribution in [0.4, 0.5) is 5.13 Å². The second-order valence-electron chi connectivity index (χ2n) is 5.28. The molecular weight excluding hydrogens is 286 g/mol. The fourth-order valence-corrected chi connectivity index (χ4v) is 2.87. The molecule has 2 aromatic heterocycles. The van der Waals surface area contributed by atoms with Crippen LogP contribution >= 0.6 is 11.3 Å². The number of thiazole rings is 1. The minimum absolute atomic E-state index is 0.592. The van der Waals surface area contributed by atoms with Gasteiger partial charge >= 0.3 is 5.97 Å². The van der Waals surface area contributed by atoms with Crippen LogP contribution < -0.4 is 4.90 Å². The molecule has 2 rings (SSSR count). The quantitative estimate of drug-likeness (QED) is 0.889. The number of hydrogen-bond acceptors (Lipinski definition) is 5. The van der Waals surface area contributed by atoms with Crippen molar-refractivity contribution in [2.24, 2.45) is 0 Å². The summed E-state index contributed by atoms with van der Waals surface area (Å²) in [5.74, 6) is -0.868. The minimum Gasteiger partial charge on any atom is -0.481 e. The number of carboxylic acid groups (broad SMARTS) is 1. The third kappa shape index (κ3) is 3.39. The van der Waals surface area contributed by atoms with Crippen LogP contribution in [0.2, 0.25) is 0 Å². The topological polar surface area (TPSA) is 66.3 Å². The van der Waals surface area contributed by atoms with Crippen LogP contribution in [0.25, 0.3) is 0 Å². The van der Waals surface area contributed by atoms with Crippen molar-refractivity contribution in [1.29, 1.82) is 0 Å². The lowest BCUT2D eigenvalue weighted by atomic mass is 9.90. The highest BCUT2D eigenvalue weighted by Gasteiger charge is 2.32. The normalized spacial score (nSPS) is 11.4. The van der Waals surface area contributed by atoms with Gasteiger partial charge < -0.3 is 10.0 Å². The summed E-state index contributed by atoms with van der Waals surface area (Å²) >= 11 is 1.47. The molecule has 0 amide bonds. The molecule has 0 saturated heterocycles. The third-order valence-corrected chi connectivity index (χ3v) is 4.30. The lowest BCUT2D eigenvalue weighted by molar-refractivity contribution is -0.142. The summed E-state index contributed by atoms with van der Waals surface area (Å²) < 4.78 is 0. The number of pyridine rings is 1. The molecule has 0 bridgehead atoms. The first-order chi connectivity index (χ1) is 9.95. The summed E-state index contributed by atoms with van der Waals surface area (Å²) in [6.07, 6.45) is 1.77. The third-order valence-electron chi connectivity index (χ3n) is 3.40. The van der Waals surface area contributed by atoms with Gasteiger partial charge in [-0.25, -0.2) is 4.98 Å². The Morgan fingerprint density at radius 2 is 2.19 bits per heavy atom. The Morgan fingerprint density at radius 3 is 2.76 bits per heavy atom. The first-order valence-electron chi connectivity index (χ1n) is 6.79. The molecule has 2 heterocycles. The monoisotopic (exact) mass is 305 g/mol. The summed E-state index contributed by atoms with van der Waals surface area (Å²) in [5.41, 5.74) is 0.585. The van der Waals surface area contributed by atoms with Crippen LogP contribution in [0.15, 0.2) is 29.8 Å². The molecule has 0 aliphatic carbocycles. The van der Waals surface area contributed by atoms with Gasteiger partial charge in [0.25, 0.3) is 0 Å². The van der Waals surface area contributed by atoms with E-state index >= 15 is 0 Å². The zero-order valence-corrected chi connectivity index (χ0v) is 13.2. The second-order valence-corrected chi connectivity index (χ2v) is 6.12. The molecule has 1 N–H and O–H groups in total. The summed E-state index contributed by atoms with van der Waals surface area (Å²) in [4.78, 5) is 22.2. The van der Waals surface area contributed by atoms with Crippen molar-refractivity contribution < 1.29 is 9.90 Å². The number of aliphatic carboxylic acids is 1. The number of nitrogens with zero attached hydrogens (tertiary/aromatic N) is 3. The zero-order chi connectivity index (χ0) is 15.5. The van der Waals surface area contributed by atoms with Crippen LogP contribution in [-0.2, 0) is 16.8 Å². The Kier molecular flexibility index (Phi) is 4.57. The first kappa shape index (κ1) is 15.4. The van der Waals surface area contributed by atoms with E-state index in [0.29, 0.717) is 12.2 Å². The number of aromatic nitrogens is 2. The number of hydrogen-bond donors (Lipinski definition) is 1. The molecule has 0 aliphatic rings. The van der Waals surface area contributed by atoms with E-state index in [1.165, 1.54) is 11.3 Å². The van der Waals surface area contributed by atoms with Gasteiger partial charge in [0.2, 0.25) is 0 Å². The largest absolute Gasteiger partial charge is 0.481 e. The maximum atomic E-state index is 11.3. The average molecular weight is 305 g/mol. The van der Waals surface area contributed by atoms with E-state index in [-0.39, 0.29) is 0 Å². The maximum absolute atomic E-state index is 11.3. The van der Waals surface area contributed by atoms with E-state index in [1.54, 1.807) is 20.0 Å². The van der Waals surface area contributed by atoms with E-state index in [2.05, 4.69) is 14.9 Å². The summed E-state index contributed by atoms with van der Waals surface area (Å²) in [6, 6.07) is 5.81. The van der Waals surface area contributed by atoms with E-state index in [9.17, 15) is 9.90 Å².